The van der Waals surface area contributed by atoms with Crippen molar-refractivity contribution in [3.05, 3.63) is 0 Å². The Morgan fingerprint density at radius 2 is 1.71 bits per heavy atom. The van der Waals surface area contributed by atoms with Crippen LogP contribution in [0.3, 0.4) is 0 Å². The van der Waals surface area contributed by atoms with E-state index in [2.05, 4.69) is 0 Å². The molecule has 0 aliphatic carbocycles. The molecule has 0 heterocycles. The van der Waals surface area contributed by atoms with Gasteiger partial charge in [-0.05, 0) is 25.4 Å². The van der Waals surface area contributed by atoms with Crippen LogP contribution >= 0.6 is 11.8 Å². The summed E-state index contributed by atoms with van der Waals surface area (Å²) in [6, 6.07) is -1.84. The average molecular weight is 268 g/mol. The van der Waals surface area contributed by atoms with Gasteiger partial charge < -0.3 is 26.8 Å². The van der Waals surface area contributed by atoms with Gasteiger partial charge in [0, 0.05) is 0 Å². The van der Waals surface area contributed by atoms with Crippen molar-refractivity contribution >= 4 is 23.7 Å². The molecule has 7 N–H and O–H groups in total. The first-order valence-corrected chi connectivity index (χ1v) is 6.27. The topological polar surface area (TPSA) is 147 Å². The lowest BCUT2D eigenvalue weighted by Crippen LogP contribution is -2.39. The fourth-order valence-electron chi connectivity index (χ4n) is 0.575. The summed E-state index contributed by atoms with van der Waals surface area (Å²) in [4.78, 5) is 19.9. The Kier molecular flexibility index (Phi) is 11.3. The van der Waals surface area contributed by atoms with Crippen LogP contribution in [-0.2, 0) is 9.59 Å². The van der Waals surface area contributed by atoms with Gasteiger partial charge in [0.05, 0.1) is 6.10 Å². The largest absolute Gasteiger partial charge is 0.480 e. The summed E-state index contributed by atoms with van der Waals surface area (Å²) in [6.07, 6.45) is 1.50. The summed E-state index contributed by atoms with van der Waals surface area (Å²) in [5.41, 5.74) is 10.1. The Balaban J connectivity index is 0. The second-order valence-electron chi connectivity index (χ2n) is 3.33. The number of carboxylic acid groups (broad SMARTS) is 2. The molecule has 0 rings (SSSR count). The van der Waals surface area contributed by atoms with Gasteiger partial charge in [-0.15, -0.1) is 0 Å². The first kappa shape index (κ1) is 18.5. The molecular weight excluding hydrogens is 248 g/mol. The molecule has 8 heteroatoms. The van der Waals surface area contributed by atoms with Crippen molar-refractivity contribution in [2.75, 3.05) is 12.0 Å². The Morgan fingerprint density at radius 3 is 1.88 bits per heavy atom. The lowest BCUT2D eigenvalue weighted by molar-refractivity contribution is -0.141. The Hall–Kier alpha value is -0.830. The van der Waals surface area contributed by atoms with Crippen molar-refractivity contribution in [1.82, 2.24) is 0 Å². The number of thioether (sulfide) groups is 1. The highest BCUT2D eigenvalue weighted by molar-refractivity contribution is 7.98. The van der Waals surface area contributed by atoms with Crippen LogP contribution in [0.25, 0.3) is 0 Å². The second kappa shape index (κ2) is 10.3. The summed E-state index contributed by atoms with van der Waals surface area (Å²) in [6.45, 7) is 1.33. The zero-order valence-electron chi connectivity index (χ0n) is 9.87. The standard InChI is InChI=1S/C5H11NO2S.C4H9NO3/c1-9-3-2-4(6)5(7)8;1-2(6)3(5)4(7)8/h4H,2-3,6H2,1H3,(H,7,8);2-3,6H,5H2,1H3,(H,7,8)/t4-;/m0./s1. The van der Waals surface area contributed by atoms with E-state index in [1.54, 1.807) is 11.8 Å². The van der Waals surface area contributed by atoms with Gasteiger partial charge in [-0.1, -0.05) is 0 Å². The van der Waals surface area contributed by atoms with Gasteiger partial charge in [0.2, 0.25) is 0 Å². The van der Waals surface area contributed by atoms with Crippen LogP contribution in [0.1, 0.15) is 13.3 Å². The highest BCUT2D eigenvalue weighted by Gasteiger charge is 2.16. The molecule has 0 aliphatic heterocycles. The molecule has 0 aromatic heterocycles. The Labute approximate surface area is 104 Å². The number of aliphatic hydroxyl groups is 1. The molecule has 7 nitrogen and oxygen atoms in total. The number of rotatable bonds is 6. The zero-order chi connectivity index (χ0) is 14.0. The predicted octanol–water partition coefficient (Wildman–Crippen LogP) is -1.07. The molecule has 2 unspecified atom stereocenters. The van der Waals surface area contributed by atoms with Crippen LogP contribution in [-0.4, -0.2) is 57.5 Å². The molecule has 0 amide bonds. The third kappa shape index (κ3) is 11.4. The van der Waals surface area contributed by atoms with E-state index in [1.807, 2.05) is 6.26 Å². The molecule has 0 saturated carbocycles. The lowest BCUT2D eigenvalue weighted by atomic mass is 10.2. The molecule has 3 atom stereocenters. The smallest absolute Gasteiger partial charge is 0.323 e. The Morgan fingerprint density at radius 1 is 1.24 bits per heavy atom. The third-order valence-electron chi connectivity index (χ3n) is 1.76. The van der Waals surface area contributed by atoms with E-state index in [9.17, 15) is 9.59 Å². The van der Waals surface area contributed by atoms with Gasteiger partial charge in [-0.25, -0.2) is 0 Å². The van der Waals surface area contributed by atoms with Crippen LogP contribution in [0.2, 0.25) is 0 Å². The zero-order valence-corrected chi connectivity index (χ0v) is 10.7. The van der Waals surface area contributed by atoms with Crippen LogP contribution < -0.4 is 11.5 Å². The quantitative estimate of drug-likeness (QED) is 0.409. The van der Waals surface area contributed by atoms with E-state index in [4.69, 9.17) is 26.8 Å². The molecule has 17 heavy (non-hydrogen) atoms. The molecule has 0 aromatic carbocycles. The molecule has 0 saturated heterocycles. The number of hydrogen-bond donors (Lipinski definition) is 5. The highest BCUT2D eigenvalue weighted by Crippen LogP contribution is 1.97. The lowest BCUT2D eigenvalue weighted by Gasteiger charge is -2.06. The maximum absolute atomic E-state index is 10.1. The maximum Gasteiger partial charge on any atom is 0.323 e. The maximum atomic E-state index is 10.1. The summed E-state index contributed by atoms with van der Waals surface area (Å²) in [5.74, 6) is -1.28. The van der Waals surface area contributed by atoms with Crippen molar-refractivity contribution in [1.29, 1.82) is 0 Å². The summed E-state index contributed by atoms with van der Waals surface area (Å²) >= 11 is 1.60. The fraction of sp³-hybridized carbons (Fsp3) is 0.778. The molecule has 0 aliphatic rings. The molecule has 102 valence electrons. The van der Waals surface area contributed by atoms with Crippen LogP contribution in [0.5, 0.6) is 0 Å². The molecule has 0 fully saturated rings. The van der Waals surface area contributed by atoms with Gasteiger partial charge in [-0.3, -0.25) is 9.59 Å². The SMILES string of the molecule is CC(O)C(N)C(=O)O.CSCC[C@H](N)C(=O)O. The molecular formula is C9H20N2O5S. The van der Waals surface area contributed by atoms with Gasteiger partial charge in [-0.2, -0.15) is 11.8 Å². The van der Waals surface area contributed by atoms with E-state index in [0.29, 0.717) is 6.42 Å². The first-order valence-electron chi connectivity index (χ1n) is 4.87. The molecule has 0 radical (unpaired) electrons. The minimum Gasteiger partial charge on any atom is -0.480 e. The third-order valence-corrected chi connectivity index (χ3v) is 2.40. The van der Waals surface area contributed by atoms with Crippen molar-refractivity contribution < 1.29 is 24.9 Å². The number of carbonyl (C=O) groups is 2. The van der Waals surface area contributed by atoms with Gasteiger partial charge in [0.1, 0.15) is 12.1 Å². The normalized spacial score (nSPS) is 15.1. The van der Waals surface area contributed by atoms with E-state index in [1.165, 1.54) is 6.92 Å². The van der Waals surface area contributed by atoms with E-state index in [-0.39, 0.29) is 0 Å². The minimum atomic E-state index is -1.18. The summed E-state index contributed by atoms with van der Waals surface area (Å²) in [5, 5.41) is 24.8. The molecule has 0 aromatic rings. The van der Waals surface area contributed by atoms with Gasteiger partial charge in [0.15, 0.2) is 0 Å². The monoisotopic (exact) mass is 268 g/mol. The number of hydrogen-bond acceptors (Lipinski definition) is 6. The second-order valence-corrected chi connectivity index (χ2v) is 4.32. The molecule has 0 bridgehead atoms. The van der Waals surface area contributed by atoms with Gasteiger partial charge >= 0.3 is 11.9 Å². The number of carboxylic acids is 2. The fourth-order valence-corrected chi connectivity index (χ4v) is 1.06. The molecule has 0 spiro atoms. The van der Waals surface area contributed by atoms with Crippen LogP contribution in [0.4, 0.5) is 0 Å². The van der Waals surface area contributed by atoms with E-state index < -0.39 is 30.1 Å². The first-order chi connectivity index (χ1) is 7.73. The van der Waals surface area contributed by atoms with Crippen LogP contribution in [0.15, 0.2) is 0 Å². The highest BCUT2D eigenvalue weighted by atomic mass is 32.2. The van der Waals surface area contributed by atoms with Crippen molar-refractivity contribution in [3.8, 4) is 0 Å². The minimum absolute atomic E-state index is 0.552. The number of aliphatic carboxylic acids is 2. The predicted molar refractivity (Wildman–Crippen MR) is 65.9 cm³/mol. The van der Waals surface area contributed by atoms with Gasteiger partial charge in [0.25, 0.3) is 0 Å². The van der Waals surface area contributed by atoms with Crippen molar-refractivity contribution in [2.45, 2.75) is 31.5 Å². The summed E-state index contributed by atoms with van der Waals surface area (Å²) in [7, 11) is 0. The summed E-state index contributed by atoms with van der Waals surface area (Å²) < 4.78 is 0. The average Bonchev–Trinajstić information content (AvgIpc) is 2.25. The Bertz CT molecular complexity index is 237. The van der Waals surface area contributed by atoms with E-state index >= 15 is 0 Å². The number of nitrogens with two attached hydrogens (primary N) is 2. The van der Waals surface area contributed by atoms with Crippen LogP contribution in [0, 0.1) is 0 Å². The van der Waals surface area contributed by atoms with Crippen molar-refractivity contribution in [3.63, 3.8) is 0 Å². The van der Waals surface area contributed by atoms with E-state index in [0.717, 1.165) is 5.75 Å². The van der Waals surface area contributed by atoms with Crippen molar-refractivity contribution in [2.24, 2.45) is 11.5 Å². The number of aliphatic hydroxyl groups excluding tert-OH is 1.